The van der Waals surface area contributed by atoms with Gasteiger partial charge in [-0.1, -0.05) is 12.1 Å². The zero-order chi connectivity index (χ0) is 27.9. The van der Waals surface area contributed by atoms with Gasteiger partial charge in [-0.3, -0.25) is 9.59 Å². The molecule has 4 rings (SSSR count). The lowest BCUT2D eigenvalue weighted by Gasteiger charge is -2.43. The van der Waals surface area contributed by atoms with Crippen LogP contribution in [-0.2, 0) is 32.5 Å². The number of carbonyl (C=O) groups is 2. The van der Waals surface area contributed by atoms with Crippen LogP contribution in [0.2, 0.25) is 0 Å². The van der Waals surface area contributed by atoms with Gasteiger partial charge in [0.25, 0.3) is 16.1 Å². The lowest BCUT2D eigenvalue weighted by molar-refractivity contribution is -0.160. The van der Waals surface area contributed by atoms with E-state index in [0.717, 1.165) is 25.6 Å². The van der Waals surface area contributed by atoms with E-state index in [2.05, 4.69) is 5.32 Å². The molecule has 0 unspecified atom stereocenters. The third-order valence-corrected chi connectivity index (χ3v) is 9.09. The zero-order valence-electron chi connectivity index (χ0n) is 20.1. The van der Waals surface area contributed by atoms with E-state index in [-0.39, 0.29) is 32.6 Å². The highest BCUT2D eigenvalue weighted by Crippen LogP contribution is 2.38. The van der Waals surface area contributed by atoms with Crippen LogP contribution in [-0.4, -0.2) is 78.4 Å². The maximum atomic E-state index is 14.9. The zero-order valence-corrected chi connectivity index (χ0v) is 20.9. The van der Waals surface area contributed by atoms with Gasteiger partial charge in [0.2, 0.25) is 11.8 Å². The maximum absolute atomic E-state index is 14.9. The molecule has 9 nitrogen and oxygen atoms in total. The van der Waals surface area contributed by atoms with Gasteiger partial charge in [0.1, 0.15) is 12.0 Å². The molecule has 3 fully saturated rings. The van der Waals surface area contributed by atoms with E-state index < -0.39 is 77.1 Å². The monoisotopic (exact) mass is 563 g/mol. The molecule has 3 heterocycles. The molecule has 3 aliphatic heterocycles. The molecular weight excluding hydrogens is 537 g/mol. The van der Waals surface area contributed by atoms with Gasteiger partial charge in [0.15, 0.2) is 0 Å². The van der Waals surface area contributed by atoms with E-state index in [0.29, 0.717) is 12.0 Å². The molecule has 3 aliphatic rings. The fraction of sp³-hybridized carbons (Fsp3) is 0.609. The molecule has 0 spiro atoms. The molecule has 3 saturated heterocycles. The van der Waals surface area contributed by atoms with Crippen molar-refractivity contribution in [3.63, 3.8) is 0 Å². The summed E-state index contributed by atoms with van der Waals surface area (Å²) >= 11 is 0. The fourth-order valence-corrected chi connectivity index (χ4v) is 6.56. The van der Waals surface area contributed by atoms with Crippen LogP contribution >= 0.6 is 0 Å². The Morgan fingerprint density at radius 3 is 2.34 bits per heavy atom. The Bertz CT molecular complexity index is 1210. The number of halogens is 5. The molecule has 15 heteroatoms. The number of benzene rings is 1. The second kappa shape index (κ2) is 10.4. The predicted octanol–water partition coefficient (Wildman–Crippen LogP) is 1.97. The third-order valence-electron chi connectivity index (χ3n) is 7.16. The number of piperidine rings is 1. The Kier molecular flexibility index (Phi) is 7.70. The van der Waals surface area contributed by atoms with Gasteiger partial charge in [0, 0.05) is 45.7 Å². The largest absolute Gasteiger partial charge is 0.416 e. The van der Waals surface area contributed by atoms with Crippen molar-refractivity contribution in [3.8, 4) is 6.07 Å². The topological polar surface area (TPSA) is 114 Å². The van der Waals surface area contributed by atoms with Crippen LogP contribution in [0.1, 0.15) is 30.4 Å². The van der Waals surface area contributed by atoms with Gasteiger partial charge >= 0.3 is 6.18 Å². The summed E-state index contributed by atoms with van der Waals surface area (Å²) in [5, 5.41) is 11.4. The Hall–Kier alpha value is -2.83. The summed E-state index contributed by atoms with van der Waals surface area (Å²) in [6, 6.07) is 5.03. The standard InChI is InChI=1S/C23H26F5N5O4S/c24-22(25)7-9-31(38(36,37)32-12-16(10-29)13-32)14-18(22)21(35)33-8-1-2-19(33)20(34)30-11-15-3-5-17(6-4-15)23(26,27)28/h3-6,16,18-19H,1-2,7-9,11-14H2,(H,30,34)/t18-,19+/m0/s1. The number of carbonyl (C=O) groups excluding carboxylic acids is 2. The summed E-state index contributed by atoms with van der Waals surface area (Å²) in [5.41, 5.74) is -0.463. The quantitative estimate of drug-likeness (QED) is 0.532. The molecule has 0 bridgehead atoms. The molecule has 1 aromatic carbocycles. The molecule has 0 aliphatic carbocycles. The Labute approximate surface area is 216 Å². The third kappa shape index (κ3) is 5.62. The molecule has 38 heavy (non-hydrogen) atoms. The van der Waals surface area contributed by atoms with Gasteiger partial charge in [-0.15, -0.1) is 0 Å². The molecule has 0 saturated carbocycles. The average molecular weight is 564 g/mol. The number of nitriles is 1. The van der Waals surface area contributed by atoms with E-state index in [9.17, 15) is 40.0 Å². The van der Waals surface area contributed by atoms with Crippen LogP contribution in [0.25, 0.3) is 0 Å². The number of hydrogen-bond acceptors (Lipinski definition) is 5. The molecule has 2 amide bonds. The van der Waals surface area contributed by atoms with Crippen molar-refractivity contribution in [1.29, 1.82) is 5.26 Å². The minimum absolute atomic E-state index is 0.0342. The highest BCUT2D eigenvalue weighted by Gasteiger charge is 2.54. The number of hydrogen-bond donors (Lipinski definition) is 1. The van der Waals surface area contributed by atoms with Crippen LogP contribution < -0.4 is 5.32 Å². The van der Waals surface area contributed by atoms with Gasteiger partial charge in [-0.2, -0.15) is 35.5 Å². The number of nitrogens with one attached hydrogen (secondary N) is 1. The lowest BCUT2D eigenvalue weighted by Crippen LogP contribution is -2.61. The normalized spacial score (nSPS) is 25.0. The summed E-state index contributed by atoms with van der Waals surface area (Å²) < 4.78 is 95.4. The maximum Gasteiger partial charge on any atom is 0.416 e. The Morgan fingerprint density at radius 1 is 1.08 bits per heavy atom. The second-order valence-electron chi connectivity index (χ2n) is 9.67. The van der Waals surface area contributed by atoms with Crippen molar-refractivity contribution in [2.45, 2.75) is 43.9 Å². The van der Waals surface area contributed by atoms with Crippen LogP contribution in [0.5, 0.6) is 0 Å². The van der Waals surface area contributed by atoms with Crippen LogP contribution in [0.3, 0.4) is 0 Å². The van der Waals surface area contributed by atoms with E-state index in [4.69, 9.17) is 5.26 Å². The van der Waals surface area contributed by atoms with Crippen molar-refractivity contribution in [1.82, 2.24) is 18.8 Å². The molecule has 208 valence electrons. The van der Waals surface area contributed by atoms with E-state index in [1.807, 2.05) is 6.07 Å². The van der Waals surface area contributed by atoms with Crippen LogP contribution in [0, 0.1) is 23.2 Å². The fourth-order valence-electron chi connectivity index (χ4n) is 4.84. The Morgan fingerprint density at radius 2 is 1.74 bits per heavy atom. The first-order valence-corrected chi connectivity index (χ1v) is 13.4. The van der Waals surface area contributed by atoms with Crippen LogP contribution in [0.4, 0.5) is 22.0 Å². The minimum Gasteiger partial charge on any atom is -0.350 e. The van der Waals surface area contributed by atoms with Crippen LogP contribution in [0.15, 0.2) is 24.3 Å². The first-order chi connectivity index (χ1) is 17.7. The van der Waals surface area contributed by atoms with Crippen molar-refractivity contribution >= 4 is 22.0 Å². The highest BCUT2D eigenvalue weighted by atomic mass is 32.2. The minimum atomic E-state index is -4.50. The summed E-state index contributed by atoms with van der Waals surface area (Å²) in [6.07, 6.45) is -4.80. The molecule has 0 aromatic heterocycles. The van der Waals surface area contributed by atoms with E-state index >= 15 is 0 Å². The van der Waals surface area contributed by atoms with Gasteiger partial charge in [-0.05, 0) is 30.5 Å². The van der Waals surface area contributed by atoms with Gasteiger partial charge in [0.05, 0.1) is 17.6 Å². The first-order valence-electron chi connectivity index (χ1n) is 12.0. The van der Waals surface area contributed by atoms with Crippen molar-refractivity contribution in [2.24, 2.45) is 11.8 Å². The number of likely N-dealkylation sites (tertiary alicyclic amines) is 1. The summed E-state index contributed by atoms with van der Waals surface area (Å²) in [6.45, 7) is -1.41. The van der Waals surface area contributed by atoms with Crippen molar-refractivity contribution in [2.75, 3.05) is 32.7 Å². The van der Waals surface area contributed by atoms with E-state index in [1.165, 1.54) is 12.1 Å². The highest BCUT2D eigenvalue weighted by molar-refractivity contribution is 7.86. The van der Waals surface area contributed by atoms with Crippen molar-refractivity contribution < 1.29 is 40.0 Å². The summed E-state index contributed by atoms with van der Waals surface area (Å²) in [5.74, 6) is -7.61. The van der Waals surface area contributed by atoms with Gasteiger partial charge < -0.3 is 10.2 Å². The molecule has 1 aromatic rings. The van der Waals surface area contributed by atoms with Crippen molar-refractivity contribution in [3.05, 3.63) is 35.4 Å². The average Bonchev–Trinajstić information content (AvgIpc) is 3.31. The predicted molar refractivity (Wildman–Crippen MR) is 122 cm³/mol. The van der Waals surface area contributed by atoms with E-state index in [1.54, 1.807) is 0 Å². The molecule has 2 atom stereocenters. The second-order valence-corrected chi connectivity index (χ2v) is 11.6. The first kappa shape index (κ1) is 28.2. The van der Waals surface area contributed by atoms with Gasteiger partial charge in [-0.25, -0.2) is 8.78 Å². The number of nitrogens with zero attached hydrogens (tertiary/aromatic N) is 4. The number of alkyl halides is 5. The lowest BCUT2D eigenvalue weighted by atomic mass is 9.93. The summed E-state index contributed by atoms with van der Waals surface area (Å²) in [4.78, 5) is 27.1. The molecular formula is C23H26F5N5O4S. The summed E-state index contributed by atoms with van der Waals surface area (Å²) in [7, 11) is -4.13. The SMILES string of the molecule is N#CC1CN(S(=O)(=O)N2CCC(F)(F)[C@H](C(=O)N3CCC[C@@H]3C(=O)NCc3ccc(C(F)(F)F)cc3)C2)C1. The number of amides is 2. The Balaban J connectivity index is 1.41. The molecule has 0 radical (unpaired) electrons. The number of rotatable bonds is 6. The molecule has 1 N–H and O–H groups in total. The smallest absolute Gasteiger partial charge is 0.350 e.